The smallest absolute Gasteiger partial charge is 0.326 e. The normalized spacial score (nSPS) is 11.8. The summed E-state index contributed by atoms with van der Waals surface area (Å²) in [7, 11) is 0. The minimum atomic E-state index is -0.990. The van der Waals surface area contributed by atoms with Crippen LogP contribution in [0.4, 0.5) is 0 Å². The van der Waals surface area contributed by atoms with Gasteiger partial charge in [0.15, 0.2) is 0 Å². The molecule has 0 aliphatic rings. The van der Waals surface area contributed by atoms with Crippen molar-refractivity contribution in [3.63, 3.8) is 0 Å². The quantitative estimate of drug-likeness (QED) is 0.278. The third-order valence-corrected chi connectivity index (χ3v) is 4.89. The molecule has 0 saturated carbocycles. The molecule has 0 aromatic heterocycles. The number of rotatable bonds is 19. The van der Waals surface area contributed by atoms with Crippen molar-refractivity contribution < 1.29 is 19.5 Å². The molecule has 0 spiro atoms. The van der Waals surface area contributed by atoms with Crippen LogP contribution in [0.1, 0.15) is 110 Å². The predicted molar refractivity (Wildman–Crippen MR) is 113 cm³/mol. The molecule has 0 fully saturated rings. The van der Waals surface area contributed by atoms with Gasteiger partial charge in [-0.05, 0) is 32.1 Å². The van der Waals surface area contributed by atoms with Gasteiger partial charge in [-0.1, -0.05) is 65.2 Å². The molecule has 0 aromatic rings. The first kappa shape index (κ1) is 26.4. The van der Waals surface area contributed by atoms with Gasteiger partial charge in [-0.25, -0.2) is 4.79 Å². The van der Waals surface area contributed by atoms with E-state index < -0.39 is 12.0 Å². The highest BCUT2D eigenvalue weighted by Gasteiger charge is 2.19. The van der Waals surface area contributed by atoms with Crippen LogP contribution in [0.3, 0.4) is 0 Å². The molecule has 0 saturated heterocycles. The molecule has 28 heavy (non-hydrogen) atoms. The summed E-state index contributed by atoms with van der Waals surface area (Å²) in [5, 5.41) is 14.8. The summed E-state index contributed by atoms with van der Waals surface area (Å²) >= 11 is 0. The van der Waals surface area contributed by atoms with Crippen LogP contribution in [0.15, 0.2) is 0 Å². The van der Waals surface area contributed by atoms with Crippen molar-refractivity contribution >= 4 is 17.8 Å². The monoisotopic (exact) mass is 398 g/mol. The summed E-state index contributed by atoms with van der Waals surface area (Å²) in [6, 6.07) is -0.836. The molecule has 2 amide bonds. The summed E-state index contributed by atoms with van der Waals surface area (Å²) in [6.45, 7) is 4.87. The van der Waals surface area contributed by atoms with Crippen molar-refractivity contribution in [1.82, 2.24) is 10.6 Å². The molecule has 0 aromatic carbocycles. The standard InChI is InChI=1S/C22H42N2O4/c1-3-5-7-9-11-16-20(25)23-18-14-13-15-19(22(27)28)24-21(26)17-12-10-8-6-4-2/h19H,3-18H2,1-2H3,(H,23,25)(H,24,26)(H,27,28). The second-order valence-corrected chi connectivity index (χ2v) is 7.63. The Morgan fingerprint density at radius 1 is 0.714 bits per heavy atom. The Bertz CT molecular complexity index is 427. The molecule has 6 heteroatoms. The lowest BCUT2D eigenvalue weighted by Gasteiger charge is -2.14. The molecule has 1 atom stereocenters. The molecule has 0 bridgehead atoms. The highest BCUT2D eigenvalue weighted by molar-refractivity contribution is 5.83. The zero-order chi connectivity index (χ0) is 21.0. The maximum Gasteiger partial charge on any atom is 0.326 e. The number of carboxylic acid groups (broad SMARTS) is 1. The van der Waals surface area contributed by atoms with Crippen LogP contribution in [0.2, 0.25) is 0 Å². The van der Waals surface area contributed by atoms with E-state index in [9.17, 15) is 19.5 Å². The van der Waals surface area contributed by atoms with Crippen LogP contribution in [0, 0.1) is 0 Å². The fourth-order valence-corrected chi connectivity index (χ4v) is 3.09. The largest absolute Gasteiger partial charge is 0.480 e. The fraction of sp³-hybridized carbons (Fsp3) is 0.864. The van der Waals surface area contributed by atoms with Gasteiger partial charge in [0.25, 0.3) is 0 Å². The second kappa shape index (κ2) is 18.8. The van der Waals surface area contributed by atoms with Crippen LogP contribution < -0.4 is 10.6 Å². The molecular formula is C22H42N2O4. The molecule has 0 heterocycles. The molecule has 0 aliphatic heterocycles. The molecule has 0 aliphatic carbocycles. The summed E-state index contributed by atoms with van der Waals surface area (Å²) in [6.07, 6.45) is 13.6. The van der Waals surface area contributed by atoms with Crippen LogP contribution in [0.5, 0.6) is 0 Å². The van der Waals surface area contributed by atoms with Gasteiger partial charge in [0.2, 0.25) is 11.8 Å². The Balaban J connectivity index is 3.79. The van der Waals surface area contributed by atoms with Crippen LogP contribution in [-0.4, -0.2) is 35.5 Å². The number of aliphatic carboxylic acids is 1. The van der Waals surface area contributed by atoms with Gasteiger partial charge in [0.1, 0.15) is 6.04 Å². The second-order valence-electron chi connectivity index (χ2n) is 7.63. The van der Waals surface area contributed by atoms with Crippen molar-refractivity contribution in [2.75, 3.05) is 6.54 Å². The summed E-state index contributed by atoms with van der Waals surface area (Å²) < 4.78 is 0. The van der Waals surface area contributed by atoms with Gasteiger partial charge in [-0.2, -0.15) is 0 Å². The molecule has 1 unspecified atom stereocenters. The van der Waals surface area contributed by atoms with Gasteiger partial charge in [0.05, 0.1) is 0 Å². The number of amides is 2. The number of nitrogens with one attached hydrogen (secondary N) is 2. The zero-order valence-corrected chi connectivity index (χ0v) is 18.1. The van der Waals surface area contributed by atoms with Gasteiger partial charge in [-0.3, -0.25) is 9.59 Å². The molecular weight excluding hydrogens is 356 g/mol. The minimum Gasteiger partial charge on any atom is -0.480 e. The van der Waals surface area contributed by atoms with Gasteiger partial charge >= 0.3 is 5.97 Å². The highest BCUT2D eigenvalue weighted by Crippen LogP contribution is 2.07. The lowest BCUT2D eigenvalue weighted by Crippen LogP contribution is -2.40. The maximum atomic E-state index is 11.9. The highest BCUT2D eigenvalue weighted by atomic mass is 16.4. The van der Waals surface area contributed by atoms with Crippen molar-refractivity contribution in [3.05, 3.63) is 0 Å². The predicted octanol–water partition coefficient (Wildman–Crippen LogP) is 4.56. The molecule has 3 N–H and O–H groups in total. The van der Waals surface area contributed by atoms with E-state index in [0.29, 0.717) is 32.2 Å². The minimum absolute atomic E-state index is 0.0719. The molecule has 0 rings (SSSR count). The first-order valence-electron chi connectivity index (χ1n) is 11.3. The third kappa shape index (κ3) is 16.6. The van der Waals surface area contributed by atoms with Crippen molar-refractivity contribution in [1.29, 1.82) is 0 Å². The number of hydrogen-bond donors (Lipinski definition) is 3. The summed E-state index contributed by atoms with van der Waals surface area (Å²) in [5.74, 6) is -1.10. The molecule has 6 nitrogen and oxygen atoms in total. The summed E-state index contributed by atoms with van der Waals surface area (Å²) in [4.78, 5) is 35.0. The van der Waals surface area contributed by atoms with Crippen molar-refractivity contribution in [3.8, 4) is 0 Å². The van der Waals surface area contributed by atoms with E-state index in [0.717, 1.165) is 44.9 Å². The Morgan fingerprint density at radius 3 is 1.79 bits per heavy atom. The average Bonchev–Trinajstić information content (AvgIpc) is 2.66. The lowest BCUT2D eigenvalue weighted by atomic mass is 10.1. The number of carboxylic acids is 1. The van der Waals surface area contributed by atoms with E-state index in [1.807, 2.05) is 0 Å². The van der Waals surface area contributed by atoms with Crippen LogP contribution in [0.25, 0.3) is 0 Å². The summed E-state index contributed by atoms with van der Waals surface area (Å²) in [5.41, 5.74) is 0. The zero-order valence-electron chi connectivity index (χ0n) is 18.1. The van der Waals surface area contributed by atoms with E-state index in [-0.39, 0.29) is 11.8 Å². The van der Waals surface area contributed by atoms with Gasteiger partial charge in [0, 0.05) is 19.4 Å². The Kier molecular flexibility index (Phi) is 17.7. The van der Waals surface area contributed by atoms with E-state index in [1.54, 1.807) is 0 Å². The molecule has 164 valence electrons. The first-order valence-corrected chi connectivity index (χ1v) is 11.3. The van der Waals surface area contributed by atoms with E-state index in [2.05, 4.69) is 24.5 Å². The number of hydrogen-bond acceptors (Lipinski definition) is 3. The number of carbonyl (C=O) groups excluding carboxylic acids is 2. The average molecular weight is 399 g/mol. The third-order valence-electron chi connectivity index (χ3n) is 4.89. The Labute approximate surface area is 171 Å². The van der Waals surface area contributed by atoms with Crippen LogP contribution >= 0.6 is 0 Å². The van der Waals surface area contributed by atoms with E-state index in [4.69, 9.17) is 0 Å². The topological polar surface area (TPSA) is 95.5 Å². The van der Waals surface area contributed by atoms with E-state index >= 15 is 0 Å². The fourth-order valence-electron chi connectivity index (χ4n) is 3.09. The number of carbonyl (C=O) groups is 3. The Morgan fingerprint density at radius 2 is 1.25 bits per heavy atom. The van der Waals surface area contributed by atoms with Crippen molar-refractivity contribution in [2.24, 2.45) is 0 Å². The SMILES string of the molecule is CCCCCCCC(=O)NCCCCC(NC(=O)CCCCCCC)C(=O)O. The van der Waals surface area contributed by atoms with E-state index in [1.165, 1.54) is 25.7 Å². The Hall–Kier alpha value is -1.59. The first-order chi connectivity index (χ1) is 13.5. The van der Waals surface area contributed by atoms with Crippen molar-refractivity contribution in [2.45, 2.75) is 116 Å². The van der Waals surface area contributed by atoms with Crippen LogP contribution in [-0.2, 0) is 14.4 Å². The number of unbranched alkanes of at least 4 members (excludes halogenated alkanes) is 9. The lowest BCUT2D eigenvalue weighted by molar-refractivity contribution is -0.142. The maximum absolute atomic E-state index is 11.9. The van der Waals surface area contributed by atoms with Gasteiger partial charge < -0.3 is 15.7 Å². The molecule has 0 radical (unpaired) electrons. The van der Waals surface area contributed by atoms with Gasteiger partial charge in [-0.15, -0.1) is 0 Å².